The second-order valence-electron chi connectivity index (χ2n) is 9.10. The zero-order valence-electron chi connectivity index (χ0n) is 18.4. The van der Waals surface area contributed by atoms with E-state index < -0.39 is 0 Å². The Labute approximate surface area is 186 Å². The van der Waals surface area contributed by atoms with Gasteiger partial charge in [-0.2, -0.15) is 0 Å². The molecular weight excluding hydrogens is 412 g/mol. The summed E-state index contributed by atoms with van der Waals surface area (Å²) in [5.74, 6) is 0.820. The predicted molar refractivity (Wildman–Crippen MR) is 126 cm³/mol. The molecule has 0 spiro atoms. The van der Waals surface area contributed by atoms with Crippen molar-refractivity contribution in [3.63, 3.8) is 0 Å². The van der Waals surface area contributed by atoms with Crippen LogP contribution >= 0.6 is 22.7 Å². The Bertz CT molecular complexity index is 1040. The summed E-state index contributed by atoms with van der Waals surface area (Å²) in [6.07, 6.45) is 2.47. The van der Waals surface area contributed by atoms with Gasteiger partial charge < -0.3 is 5.32 Å². The van der Waals surface area contributed by atoms with E-state index in [9.17, 15) is 4.79 Å². The van der Waals surface area contributed by atoms with Gasteiger partial charge in [0.05, 0.1) is 16.6 Å². The summed E-state index contributed by atoms with van der Waals surface area (Å²) < 4.78 is 0. The average Bonchev–Trinajstić information content (AvgIpc) is 3.43. The van der Waals surface area contributed by atoms with Gasteiger partial charge in [-0.15, -0.1) is 22.7 Å². The number of likely N-dealkylation sites (tertiary alicyclic amines) is 1. The van der Waals surface area contributed by atoms with Crippen LogP contribution in [0.15, 0.2) is 17.5 Å². The maximum absolute atomic E-state index is 13.2. The van der Waals surface area contributed by atoms with E-state index in [-0.39, 0.29) is 17.4 Å². The van der Waals surface area contributed by atoms with Gasteiger partial charge in [-0.3, -0.25) is 9.69 Å². The van der Waals surface area contributed by atoms with Crippen LogP contribution in [0.5, 0.6) is 0 Å². The Morgan fingerprint density at radius 3 is 2.60 bits per heavy atom. The van der Waals surface area contributed by atoms with Crippen LogP contribution in [0.25, 0.3) is 10.2 Å². The van der Waals surface area contributed by atoms with E-state index in [2.05, 4.69) is 48.5 Å². The molecule has 1 N–H and O–H groups in total. The van der Waals surface area contributed by atoms with Gasteiger partial charge >= 0.3 is 0 Å². The SMILES string of the molecule is Cc1nc(C(C)(C)C)nc2sc(C(=O)NCC(c3cccs3)N3CCCC3)c(C)c12. The lowest BCUT2D eigenvalue weighted by molar-refractivity contribution is 0.0942. The van der Waals surface area contributed by atoms with Crippen molar-refractivity contribution in [2.24, 2.45) is 0 Å². The van der Waals surface area contributed by atoms with Crippen LogP contribution in [-0.2, 0) is 5.41 Å². The third kappa shape index (κ3) is 4.15. The standard InChI is InChI=1S/C23H30N4OS2/c1-14-18-15(2)25-22(23(3,4)5)26-21(18)30-19(14)20(28)24-13-16(17-9-8-12-29-17)27-10-6-7-11-27/h8-9,12,16H,6-7,10-11,13H2,1-5H3,(H,24,28). The molecule has 1 fully saturated rings. The number of nitrogens with one attached hydrogen (secondary N) is 1. The Hall–Kier alpha value is -1.83. The molecule has 7 heteroatoms. The first-order valence-corrected chi connectivity index (χ1v) is 12.3. The van der Waals surface area contributed by atoms with Crippen molar-refractivity contribution in [3.8, 4) is 0 Å². The molecule has 1 unspecified atom stereocenters. The van der Waals surface area contributed by atoms with Gasteiger partial charge in [-0.25, -0.2) is 9.97 Å². The molecule has 0 saturated carbocycles. The molecular formula is C23H30N4OS2. The molecule has 0 aliphatic carbocycles. The van der Waals surface area contributed by atoms with Crippen molar-refractivity contribution in [2.45, 2.75) is 58.9 Å². The number of rotatable bonds is 5. The molecule has 30 heavy (non-hydrogen) atoms. The predicted octanol–water partition coefficient (Wildman–Crippen LogP) is 5.23. The van der Waals surface area contributed by atoms with Crippen LogP contribution in [0.1, 0.15) is 71.3 Å². The van der Waals surface area contributed by atoms with Crippen LogP contribution in [0, 0.1) is 13.8 Å². The highest BCUT2D eigenvalue weighted by Crippen LogP contribution is 2.33. The highest BCUT2D eigenvalue weighted by Gasteiger charge is 2.27. The fourth-order valence-corrected chi connectivity index (χ4v) is 6.11. The minimum atomic E-state index is -0.122. The summed E-state index contributed by atoms with van der Waals surface area (Å²) in [7, 11) is 0. The molecule has 0 aromatic carbocycles. The maximum atomic E-state index is 13.2. The van der Waals surface area contributed by atoms with Gasteiger partial charge in [0.2, 0.25) is 0 Å². The van der Waals surface area contributed by atoms with Crippen molar-refractivity contribution in [1.29, 1.82) is 0 Å². The number of fused-ring (bicyclic) bond motifs is 1. The zero-order valence-corrected chi connectivity index (χ0v) is 20.0. The molecule has 1 saturated heterocycles. The van der Waals surface area contributed by atoms with E-state index in [1.165, 1.54) is 29.1 Å². The van der Waals surface area contributed by atoms with Gasteiger partial charge in [-0.05, 0) is 56.8 Å². The smallest absolute Gasteiger partial charge is 0.261 e. The number of thiophene rings is 2. The summed E-state index contributed by atoms with van der Waals surface area (Å²) in [6, 6.07) is 4.52. The Balaban J connectivity index is 1.58. The van der Waals surface area contributed by atoms with Crippen LogP contribution in [0.2, 0.25) is 0 Å². The van der Waals surface area contributed by atoms with Gasteiger partial charge in [0.25, 0.3) is 5.91 Å². The fraction of sp³-hybridized carbons (Fsp3) is 0.522. The number of carbonyl (C=O) groups is 1. The minimum absolute atomic E-state index is 0.00652. The van der Waals surface area contributed by atoms with Gasteiger partial charge in [0.15, 0.2) is 0 Å². The van der Waals surface area contributed by atoms with E-state index in [4.69, 9.17) is 9.97 Å². The number of nitrogens with zero attached hydrogens (tertiary/aromatic N) is 3. The number of amides is 1. The third-order valence-electron chi connectivity index (χ3n) is 5.76. The summed E-state index contributed by atoms with van der Waals surface area (Å²) >= 11 is 3.25. The molecule has 1 aliphatic rings. The first-order valence-electron chi connectivity index (χ1n) is 10.6. The molecule has 1 amide bonds. The van der Waals surface area contributed by atoms with Crippen LogP contribution in [0.4, 0.5) is 0 Å². The van der Waals surface area contributed by atoms with Crippen LogP contribution < -0.4 is 5.32 Å². The summed E-state index contributed by atoms with van der Waals surface area (Å²) in [5.41, 5.74) is 1.81. The van der Waals surface area contributed by atoms with E-state index in [1.807, 2.05) is 13.8 Å². The molecule has 5 nitrogen and oxygen atoms in total. The minimum Gasteiger partial charge on any atom is -0.349 e. The lowest BCUT2D eigenvalue weighted by Crippen LogP contribution is -2.36. The molecule has 3 aromatic rings. The Morgan fingerprint density at radius 2 is 1.97 bits per heavy atom. The third-order valence-corrected chi connectivity index (χ3v) is 7.92. The summed E-state index contributed by atoms with van der Waals surface area (Å²) in [4.78, 5) is 28.1. The highest BCUT2D eigenvalue weighted by atomic mass is 32.1. The number of hydrogen-bond donors (Lipinski definition) is 1. The van der Waals surface area contributed by atoms with Crippen molar-refractivity contribution >= 4 is 38.8 Å². The second-order valence-corrected chi connectivity index (χ2v) is 11.1. The second kappa shape index (κ2) is 8.36. The summed E-state index contributed by atoms with van der Waals surface area (Å²) in [6.45, 7) is 13.2. The lowest BCUT2D eigenvalue weighted by atomic mass is 9.95. The van der Waals surface area contributed by atoms with Crippen LogP contribution in [-0.4, -0.2) is 40.4 Å². The molecule has 4 heterocycles. The van der Waals surface area contributed by atoms with E-state index in [1.54, 1.807) is 11.3 Å². The molecule has 0 bridgehead atoms. The Morgan fingerprint density at radius 1 is 1.23 bits per heavy atom. The van der Waals surface area contributed by atoms with Crippen molar-refractivity contribution in [1.82, 2.24) is 20.2 Å². The van der Waals surface area contributed by atoms with E-state index in [0.717, 1.165) is 45.3 Å². The van der Waals surface area contributed by atoms with Crippen molar-refractivity contribution in [3.05, 3.63) is 44.3 Å². The van der Waals surface area contributed by atoms with Gasteiger partial charge in [0, 0.05) is 22.2 Å². The highest BCUT2D eigenvalue weighted by molar-refractivity contribution is 7.20. The molecule has 0 radical (unpaired) electrons. The van der Waals surface area contributed by atoms with Crippen molar-refractivity contribution in [2.75, 3.05) is 19.6 Å². The van der Waals surface area contributed by atoms with Crippen molar-refractivity contribution < 1.29 is 4.79 Å². The largest absolute Gasteiger partial charge is 0.349 e. The molecule has 1 aliphatic heterocycles. The quantitative estimate of drug-likeness (QED) is 0.587. The number of carbonyl (C=O) groups excluding carboxylic acids is 1. The van der Waals surface area contributed by atoms with Gasteiger partial charge in [0.1, 0.15) is 10.7 Å². The Kier molecular flexibility index (Phi) is 5.97. The van der Waals surface area contributed by atoms with Crippen LogP contribution in [0.3, 0.4) is 0 Å². The fourth-order valence-electron chi connectivity index (χ4n) is 4.10. The number of aromatic nitrogens is 2. The van der Waals surface area contributed by atoms with E-state index >= 15 is 0 Å². The maximum Gasteiger partial charge on any atom is 0.261 e. The molecule has 160 valence electrons. The van der Waals surface area contributed by atoms with Gasteiger partial charge in [-0.1, -0.05) is 26.8 Å². The van der Waals surface area contributed by atoms with E-state index in [0.29, 0.717) is 6.54 Å². The number of hydrogen-bond acceptors (Lipinski definition) is 6. The molecule has 4 rings (SSSR count). The first-order chi connectivity index (χ1) is 14.3. The number of aryl methyl sites for hydroxylation is 2. The summed E-state index contributed by atoms with van der Waals surface area (Å²) in [5, 5.41) is 6.36. The average molecular weight is 443 g/mol. The topological polar surface area (TPSA) is 58.1 Å². The first kappa shape index (κ1) is 21.4. The molecule has 3 aromatic heterocycles. The normalized spacial score (nSPS) is 16.3. The monoisotopic (exact) mass is 442 g/mol. The lowest BCUT2D eigenvalue weighted by Gasteiger charge is -2.26. The zero-order chi connectivity index (χ0) is 21.5. The molecule has 1 atom stereocenters.